The number of nitrogens with one attached hydrogen (secondary N) is 1. The minimum absolute atomic E-state index is 0.0246. The number of benzene rings is 2. The van der Waals surface area contributed by atoms with Gasteiger partial charge in [-0.3, -0.25) is 4.79 Å². The lowest BCUT2D eigenvalue weighted by Crippen LogP contribution is -2.41. The van der Waals surface area contributed by atoms with Crippen molar-refractivity contribution in [3.05, 3.63) is 60.3 Å². The zero-order chi connectivity index (χ0) is 21.3. The van der Waals surface area contributed by atoms with Crippen molar-refractivity contribution in [1.82, 2.24) is 8.87 Å². The van der Waals surface area contributed by atoms with Crippen LogP contribution in [0.4, 0.5) is 5.69 Å². The molecule has 1 atom stereocenters. The fraction of sp³-hybridized carbons (Fsp3) is 0.348. The average molecular weight is 426 g/mol. The molecular weight excluding hydrogens is 398 g/mol. The predicted molar refractivity (Wildman–Crippen MR) is 119 cm³/mol. The zero-order valence-electron chi connectivity index (χ0n) is 17.3. The number of sulfonamides is 1. The first-order valence-electron chi connectivity index (χ1n) is 10.4. The summed E-state index contributed by atoms with van der Waals surface area (Å²) >= 11 is 0. The molecule has 0 radical (unpaired) electrons. The molecule has 7 heteroatoms. The number of fused-ring (bicyclic) bond motifs is 1. The summed E-state index contributed by atoms with van der Waals surface area (Å²) in [5.41, 5.74) is 2.12. The molecule has 1 aliphatic rings. The maximum atomic E-state index is 13.1. The maximum Gasteiger partial charge on any atom is 0.255 e. The van der Waals surface area contributed by atoms with Crippen LogP contribution in [0, 0.1) is 0 Å². The molecule has 2 heterocycles. The van der Waals surface area contributed by atoms with E-state index < -0.39 is 10.0 Å². The highest BCUT2D eigenvalue weighted by Gasteiger charge is 2.31. The van der Waals surface area contributed by atoms with Crippen LogP contribution in [-0.2, 0) is 16.6 Å². The SMILES string of the molecule is CCn1ccc2cc(NC(=O)c3cccc(S(=O)(=O)N4CCCCC4C)c3)ccc21. The van der Waals surface area contributed by atoms with E-state index in [-0.39, 0.29) is 16.8 Å². The minimum atomic E-state index is -3.62. The summed E-state index contributed by atoms with van der Waals surface area (Å²) in [6, 6.07) is 14.1. The molecule has 4 rings (SSSR count). The van der Waals surface area contributed by atoms with Crippen molar-refractivity contribution in [3.8, 4) is 0 Å². The van der Waals surface area contributed by atoms with Crippen molar-refractivity contribution in [2.75, 3.05) is 11.9 Å². The Morgan fingerprint density at radius 3 is 2.73 bits per heavy atom. The minimum Gasteiger partial charge on any atom is -0.348 e. The molecule has 2 aromatic carbocycles. The Morgan fingerprint density at radius 2 is 1.97 bits per heavy atom. The fourth-order valence-corrected chi connectivity index (χ4v) is 5.86. The number of hydrogen-bond donors (Lipinski definition) is 1. The van der Waals surface area contributed by atoms with E-state index in [0.717, 1.165) is 36.7 Å². The number of anilines is 1. The van der Waals surface area contributed by atoms with Gasteiger partial charge in [0, 0.05) is 47.5 Å². The van der Waals surface area contributed by atoms with Gasteiger partial charge in [-0.25, -0.2) is 8.42 Å². The number of nitrogens with zero attached hydrogens (tertiary/aromatic N) is 2. The van der Waals surface area contributed by atoms with Crippen molar-refractivity contribution in [1.29, 1.82) is 0 Å². The summed E-state index contributed by atoms with van der Waals surface area (Å²) in [7, 11) is -3.62. The molecule has 0 bridgehead atoms. The zero-order valence-corrected chi connectivity index (χ0v) is 18.2. The molecule has 0 saturated carbocycles. The molecule has 1 unspecified atom stereocenters. The smallest absolute Gasteiger partial charge is 0.255 e. The molecule has 1 aliphatic heterocycles. The molecule has 1 fully saturated rings. The highest BCUT2D eigenvalue weighted by molar-refractivity contribution is 7.89. The van der Waals surface area contributed by atoms with Crippen LogP contribution in [0.3, 0.4) is 0 Å². The van der Waals surface area contributed by atoms with Gasteiger partial charge in [-0.05, 0) is 69.2 Å². The van der Waals surface area contributed by atoms with Crippen molar-refractivity contribution in [2.45, 2.75) is 50.6 Å². The van der Waals surface area contributed by atoms with Crippen molar-refractivity contribution >= 4 is 32.5 Å². The number of carbonyl (C=O) groups is 1. The first-order valence-corrected chi connectivity index (χ1v) is 11.9. The quantitative estimate of drug-likeness (QED) is 0.655. The summed E-state index contributed by atoms with van der Waals surface area (Å²) in [5.74, 6) is -0.326. The summed E-state index contributed by atoms with van der Waals surface area (Å²) < 4.78 is 29.9. The molecule has 1 amide bonds. The van der Waals surface area contributed by atoms with Gasteiger partial charge in [0.2, 0.25) is 10.0 Å². The van der Waals surface area contributed by atoms with Gasteiger partial charge in [-0.2, -0.15) is 4.31 Å². The lowest BCUT2D eigenvalue weighted by molar-refractivity contribution is 0.102. The van der Waals surface area contributed by atoms with E-state index in [1.165, 1.54) is 6.07 Å². The van der Waals surface area contributed by atoms with E-state index in [1.54, 1.807) is 22.5 Å². The molecular formula is C23H27N3O3S. The van der Waals surface area contributed by atoms with Crippen molar-refractivity contribution in [3.63, 3.8) is 0 Å². The number of aryl methyl sites for hydroxylation is 1. The van der Waals surface area contributed by atoms with Gasteiger partial charge in [-0.15, -0.1) is 0 Å². The van der Waals surface area contributed by atoms with Gasteiger partial charge in [0.25, 0.3) is 5.91 Å². The third-order valence-corrected chi connectivity index (χ3v) is 7.82. The second kappa shape index (κ2) is 8.24. The number of rotatable bonds is 5. The first kappa shape index (κ1) is 20.6. The molecule has 0 aliphatic carbocycles. The Kier molecular flexibility index (Phi) is 5.66. The standard InChI is InChI=1S/C23H27N3O3S/c1-3-25-14-12-18-15-20(10-11-22(18)25)24-23(27)19-8-6-9-21(16-19)30(28,29)26-13-5-4-7-17(26)2/h6,8-12,14-17H,3-5,7,13H2,1-2H3,(H,24,27). The van der Waals surface area contributed by atoms with Crippen LogP contribution in [0.2, 0.25) is 0 Å². The molecule has 158 valence electrons. The van der Waals surface area contributed by atoms with Gasteiger partial charge in [-0.1, -0.05) is 12.5 Å². The molecule has 1 aromatic heterocycles. The van der Waals surface area contributed by atoms with Crippen molar-refractivity contribution < 1.29 is 13.2 Å². The molecule has 1 saturated heterocycles. The summed E-state index contributed by atoms with van der Waals surface area (Å²) in [6.45, 7) is 5.43. The molecule has 3 aromatic rings. The van der Waals surface area contributed by atoms with Crippen LogP contribution >= 0.6 is 0 Å². The van der Waals surface area contributed by atoms with E-state index >= 15 is 0 Å². The largest absolute Gasteiger partial charge is 0.348 e. The second-order valence-electron chi connectivity index (χ2n) is 7.82. The van der Waals surface area contributed by atoms with Gasteiger partial charge < -0.3 is 9.88 Å². The normalized spacial score (nSPS) is 17.9. The van der Waals surface area contributed by atoms with Gasteiger partial charge in [0.1, 0.15) is 0 Å². The predicted octanol–water partition coefficient (Wildman–Crippen LogP) is 4.48. The Morgan fingerprint density at radius 1 is 1.13 bits per heavy atom. The third-order valence-electron chi connectivity index (χ3n) is 5.81. The Balaban J connectivity index is 1.57. The number of amides is 1. The number of aromatic nitrogens is 1. The number of piperidine rings is 1. The van der Waals surface area contributed by atoms with Gasteiger partial charge in [0.15, 0.2) is 0 Å². The van der Waals surface area contributed by atoms with Crippen LogP contribution < -0.4 is 5.32 Å². The highest BCUT2D eigenvalue weighted by Crippen LogP contribution is 2.26. The van der Waals surface area contributed by atoms with Gasteiger partial charge in [0.05, 0.1) is 4.90 Å². The Hall–Kier alpha value is -2.64. The van der Waals surface area contributed by atoms with Crippen LogP contribution in [0.1, 0.15) is 43.5 Å². The average Bonchev–Trinajstić information content (AvgIpc) is 3.16. The monoisotopic (exact) mass is 425 g/mol. The topological polar surface area (TPSA) is 71.4 Å². The Bertz CT molecular complexity index is 1180. The van der Waals surface area contributed by atoms with E-state index in [2.05, 4.69) is 16.8 Å². The summed E-state index contributed by atoms with van der Waals surface area (Å²) in [4.78, 5) is 13.0. The lowest BCUT2D eigenvalue weighted by Gasteiger charge is -2.32. The summed E-state index contributed by atoms with van der Waals surface area (Å²) in [6.07, 6.45) is 4.79. The first-order chi connectivity index (χ1) is 14.4. The van der Waals surface area contributed by atoms with Gasteiger partial charge >= 0.3 is 0 Å². The van der Waals surface area contributed by atoms with Crippen molar-refractivity contribution in [2.24, 2.45) is 0 Å². The molecule has 1 N–H and O–H groups in total. The lowest BCUT2D eigenvalue weighted by atomic mass is 10.1. The molecule has 6 nitrogen and oxygen atoms in total. The highest BCUT2D eigenvalue weighted by atomic mass is 32.2. The number of carbonyl (C=O) groups excluding carboxylic acids is 1. The summed E-state index contributed by atoms with van der Waals surface area (Å²) in [5, 5.41) is 3.93. The molecule has 0 spiro atoms. The van der Waals surface area contributed by atoms with Crippen LogP contribution in [0.5, 0.6) is 0 Å². The second-order valence-corrected chi connectivity index (χ2v) is 9.71. The van der Waals surface area contributed by atoms with E-state index in [9.17, 15) is 13.2 Å². The van der Waals surface area contributed by atoms with E-state index in [0.29, 0.717) is 17.8 Å². The van der Waals surface area contributed by atoms with E-state index in [4.69, 9.17) is 0 Å². The maximum absolute atomic E-state index is 13.1. The van der Waals surface area contributed by atoms with Crippen LogP contribution in [0.25, 0.3) is 10.9 Å². The fourth-order valence-electron chi connectivity index (χ4n) is 4.12. The van der Waals surface area contributed by atoms with Crippen LogP contribution in [-0.4, -0.2) is 35.8 Å². The Labute approximate surface area is 177 Å². The van der Waals surface area contributed by atoms with E-state index in [1.807, 2.05) is 37.4 Å². The third kappa shape index (κ3) is 3.87. The number of hydrogen-bond acceptors (Lipinski definition) is 3. The van der Waals surface area contributed by atoms with Crippen LogP contribution in [0.15, 0.2) is 59.6 Å². The molecule has 30 heavy (non-hydrogen) atoms.